The van der Waals surface area contributed by atoms with Crippen LogP contribution in [0.4, 0.5) is 5.69 Å². The molecule has 0 spiro atoms. The topological polar surface area (TPSA) is 75.8 Å². The third-order valence-electron chi connectivity index (χ3n) is 2.80. The van der Waals surface area contributed by atoms with Crippen LogP contribution >= 0.6 is 0 Å². The maximum Gasteiger partial charge on any atom is 0.246 e. The van der Waals surface area contributed by atoms with Crippen molar-refractivity contribution in [2.75, 3.05) is 32.0 Å². The number of carbonyl (C=O) groups is 1. The van der Waals surface area contributed by atoms with Gasteiger partial charge in [-0.15, -0.1) is 0 Å². The molecule has 5 nitrogen and oxygen atoms in total. The Balaban J connectivity index is 2.01. The number of aromatic hydroxyl groups is 1. The highest BCUT2D eigenvalue weighted by Crippen LogP contribution is 2.21. The monoisotopic (exact) mass is 248 g/mol. The predicted molar refractivity (Wildman–Crippen MR) is 69.0 cm³/mol. The van der Waals surface area contributed by atoms with Gasteiger partial charge in [-0.25, -0.2) is 0 Å². The number of benzene rings is 1. The van der Waals surface area contributed by atoms with Gasteiger partial charge in [-0.3, -0.25) is 4.79 Å². The summed E-state index contributed by atoms with van der Waals surface area (Å²) in [5.74, 6) is -0.0226. The first-order chi connectivity index (χ1) is 8.66. The summed E-state index contributed by atoms with van der Waals surface area (Å²) in [6, 6.07) is 4.88. The van der Waals surface area contributed by atoms with E-state index in [2.05, 4.69) is 0 Å². The second-order valence-electron chi connectivity index (χ2n) is 4.09. The van der Waals surface area contributed by atoms with Crippen molar-refractivity contribution in [1.29, 1.82) is 0 Å². The van der Waals surface area contributed by atoms with Crippen molar-refractivity contribution >= 4 is 17.7 Å². The molecule has 18 heavy (non-hydrogen) atoms. The van der Waals surface area contributed by atoms with Gasteiger partial charge < -0.3 is 20.5 Å². The Morgan fingerprint density at radius 2 is 2.11 bits per heavy atom. The number of hydrogen-bond donors (Lipinski definition) is 2. The van der Waals surface area contributed by atoms with E-state index in [0.29, 0.717) is 32.0 Å². The average Bonchev–Trinajstić information content (AvgIpc) is 2.41. The number of carbonyl (C=O) groups excluding carboxylic acids is 1. The van der Waals surface area contributed by atoms with Gasteiger partial charge in [-0.2, -0.15) is 0 Å². The molecule has 1 aliphatic rings. The summed E-state index contributed by atoms with van der Waals surface area (Å²) in [5, 5.41) is 9.44. The van der Waals surface area contributed by atoms with Crippen molar-refractivity contribution in [3.8, 4) is 5.75 Å². The van der Waals surface area contributed by atoms with Gasteiger partial charge in [-0.1, -0.05) is 6.07 Å². The number of nitrogens with two attached hydrogens (primary N) is 1. The van der Waals surface area contributed by atoms with E-state index in [9.17, 15) is 9.90 Å². The Kier molecular flexibility index (Phi) is 3.84. The molecular weight excluding hydrogens is 232 g/mol. The molecule has 96 valence electrons. The van der Waals surface area contributed by atoms with Crippen molar-refractivity contribution < 1.29 is 14.6 Å². The first kappa shape index (κ1) is 12.4. The van der Waals surface area contributed by atoms with E-state index in [1.807, 2.05) is 0 Å². The molecule has 1 amide bonds. The fourth-order valence-corrected chi connectivity index (χ4v) is 1.72. The van der Waals surface area contributed by atoms with Crippen molar-refractivity contribution in [3.63, 3.8) is 0 Å². The lowest BCUT2D eigenvalue weighted by atomic mass is 10.1. The molecule has 1 heterocycles. The summed E-state index contributed by atoms with van der Waals surface area (Å²) < 4.78 is 5.18. The number of nitrogens with zero attached hydrogens (tertiary/aromatic N) is 1. The minimum absolute atomic E-state index is 0.0240. The van der Waals surface area contributed by atoms with Crippen LogP contribution in [0.1, 0.15) is 5.56 Å². The number of morpholine rings is 1. The molecule has 0 bridgehead atoms. The van der Waals surface area contributed by atoms with Gasteiger partial charge in [0.25, 0.3) is 0 Å². The van der Waals surface area contributed by atoms with Gasteiger partial charge in [0.15, 0.2) is 0 Å². The van der Waals surface area contributed by atoms with Crippen molar-refractivity contribution in [1.82, 2.24) is 4.90 Å². The summed E-state index contributed by atoms with van der Waals surface area (Å²) in [4.78, 5) is 13.6. The van der Waals surface area contributed by atoms with E-state index in [1.165, 1.54) is 12.1 Å². The lowest BCUT2D eigenvalue weighted by Gasteiger charge is -2.25. The van der Waals surface area contributed by atoms with Crippen LogP contribution in [0.2, 0.25) is 0 Å². The Morgan fingerprint density at radius 3 is 2.78 bits per heavy atom. The molecule has 0 unspecified atom stereocenters. The van der Waals surface area contributed by atoms with Gasteiger partial charge in [-0.05, 0) is 23.8 Å². The van der Waals surface area contributed by atoms with Crippen molar-refractivity contribution in [2.45, 2.75) is 0 Å². The fourth-order valence-electron chi connectivity index (χ4n) is 1.72. The maximum atomic E-state index is 11.8. The van der Waals surface area contributed by atoms with Crippen LogP contribution in [0.5, 0.6) is 5.75 Å². The van der Waals surface area contributed by atoms with Crippen LogP contribution in [0.25, 0.3) is 6.08 Å². The van der Waals surface area contributed by atoms with Gasteiger partial charge in [0.2, 0.25) is 5.91 Å². The number of phenols is 1. The molecule has 0 saturated carbocycles. The highest BCUT2D eigenvalue weighted by Gasteiger charge is 2.13. The smallest absolute Gasteiger partial charge is 0.246 e. The third kappa shape index (κ3) is 3.01. The van der Waals surface area contributed by atoms with E-state index in [1.54, 1.807) is 23.1 Å². The zero-order valence-corrected chi connectivity index (χ0v) is 10.0. The largest absolute Gasteiger partial charge is 0.506 e. The quantitative estimate of drug-likeness (QED) is 0.462. The summed E-state index contributed by atoms with van der Waals surface area (Å²) in [7, 11) is 0. The minimum Gasteiger partial charge on any atom is -0.506 e. The number of phenolic OH excluding ortho intramolecular Hbond substituents is 1. The predicted octanol–water partition coefficient (Wildman–Crippen LogP) is 0.846. The number of hydrogen-bond acceptors (Lipinski definition) is 4. The zero-order chi connectivity index (χ0) is 13.0. The Morgan fingerprint density at radius 1 is 1.39 bits per heavy atom. The lowest BCUT2D eigenvalue weighted by molar-refractivity contribution is -0.129. The van der Waals surface area contributed by atoms with Crippen molar-refractivity contribution in [2.24, 2.45) is 0 Å². The summed E-state index contributed by atoms with van der Waals surface area (Å²) >= 11 is 0. The Bertz CT molecular complexity index is 465. The van der Waals surface area contributed by atoms with Crippen LogP contribution in [0.15, 0.2) is 24.3 Å². The highest BCUT2D eigenvalue weighted by atomic mass is 16.5. The number of ether oxygens (including phenoxy) is 1. The number of rotatable bonds is 2. The van der Waals surface area contributed by atoms with E-state index in [4.69, 9.17) is 10.5 Å². The Hall–Kier alpha value is -2.01. The molecule has 1 fully saturated rings. The molecular formula is C13H16N2O3. The van der Waals surface area contributed by atoms with Crippen LogP contribution < -0.4 is 5.73 Å². The summed E-state index contributed by atoms with van der Waals surface area (Å²) in [6.45, 7) is 2.41. The van der Waals surface area contributed by atoms with Crippen LogP contribution in [0.3, 0.4) is 0 Å². The van der Waals surface area contributed by atoms with Gasteiger partial charge in [0.1, 0.15) is 5.75 Å². The molecule has 1 aliphatic heterocycles. The highest BCUT2D eigenvalue weighted by molar-refractivity contribution is 5.92. The van der Waals surface area contributed by atoms with Crippen LogP contribution in [-0.2, 0) is 9.53 Å². The molecule has 0 atom stereocenters. The van der Waals surface area contributed by atoms with E-state index in [0.717, 1.165) is 5.56 Å². The molecule has 1 aromatic carbocycles. The third-order valence-corrected chi connectivity index (χ3v) is 2.80. The molecule has 0 aromatic heterocycles. The molecule has 0 aliphatic carbocycles. The molecule has 5 heteroatoms. The van der Waals surface area contributed by atoms with Crippen LogP contribution in [-0.4, -0.2) is 42.2 Å². The first-order valence-corrected chi connectivity index (χ1v) is 5.80. The minimum atomic E-state index is -0.0467. The molecule has 3 N–H and O–H groups in total. The summed E-state index contributed by atoms with van der Waals surface area (Å²) in [6.07, 6.45) is 3.16. The first-order valence-electron chi connectivity index (χ1n) is 5.80. The fraction of sp³-hybridized carbons (Fsp3) is 0.308. The van der Waals surface area contributed by atoms with E-state index >= 15 is 0 Å². The second kappa shape index (κ2) is 5.55. The lowest BCUT2D eigenvalue weighted by Crippen LogP contribution is -2.39. The van der Waals surface area contributed by atoms with E-state index in [-0.39, 0.29) is 11.7 Å². The molecule has 0 radical (unpaired) electrons. The average molecular weight is 248 g/mol. The molecule has 1 saturated heterocycles. The number of amides is 1. The maximum absolute atomic E-state index is 11.8. The van der Waals surface area contributed by atoms with Gasteiger partial charge >= 0.3 is 0 Å². The van der Waals surface area contributed by atoms with Gasteiger partial charge in [0.05, 0.1) is 18.9 Å². The normalized spacial score (nSPS) is 16.1. The van der Waals surface area contributed by atoms with E-state index < -0.39 is 0 Å². The number of anilines is 1. The van der Waals surface area contributed by atoms with Crippen molar-refractivity contribution in [3.05, 3.63) is 29.8 Å². The van der Waals surface area contributed by atoms with Crippen LogP contribution in [0, 0.1) is 0 Å². The summed E-state index contributed by atoms with van der Waals surface area (Å²) in [5.41, 5.74) is 6.56. The zero-order valence-electron chi connectivity index (χ0n) is 10.0. The SMILES string of the molecule is Nc1ccc(C=CC(=O)N2CCOCC2)cc1O. The van der Waals surface area contributed by atoms with Gasteiger partial charge in [0, 0.05) is 19.2 Å². The standard InChI is InChI=1S/C13H16N2O3/c14-11-3-1-10(9-12(11)16)2-4-13(17)15-5-7-18-8-6-15/h1-4,9,16H,5-8,14H2. The molecule has 1 aromatic rings. The molecule has 2 rings (SSSR count). The second-order valence-corrected chi connectivity index (χ2v) is 4.09. The number of nitrogen functional groups attached to an aromatic ring is 1. The Labute approximate surface area is 105 Å².